The number of hydrogen-bond donors (Lipinski definition) is 4. The summed E-state index contributed by atoms with van der Waals surface area (Å²) < 4.78 is 39.7. The molecule has 32 heavy (non-hydrogen) atoms. The molecule has 1 heterocycles. The van der Waals surface area contributed by atoms with Crippen molar-refractivity contribution < 1.29 is 23.1 Å². The van der Waals surface area contributed by atoms with Gasteiger partial charge in [0.15, 0.2) is 0 Å². The van der Waals surface area contributed by atoms with E-state index in [4.69, 9.17) is 5.11 Å². The summed E-state index contributed by atoms with van der Waals surface area (Å²) in [6.45, 7) is 2.49. The van der Waals surface area contributed by atoms with Gasteiger partial charge < -0.3 is 20.7 Å². The number of nitrogens with one attached hydrogen (secondary N) is 3. The number of nitrogens with zero attached hydrogens (tertiary/aromatic N) is 1. The number of H-pyrrole nitrogens is 1. The number of hydrogen-bond acceptors (Lipinski definition) is 4. The Bertz CT molecular complexity index is 1000. The summed E-state index contributed by atoms with van der Waals surface area (Å²) in [6.07, 6.45) is -3.13. The molecule has 2 atom stereocenters. The molecule has 0 saturated heterocycles. The van der Waals surface area contributed by atoms with Crippen molar-refractivity contribution >= 4 is 22.9 Å². The molecule has 1 aromatic heterocycles. The highest BCUT2D eigenvalue weighted by Gasteiger charge is 2.31. The van der Waals surface area contributed by atoms with Gasteiger partial charge in [-0.1, -0.05) is 31.2 Å². The molecule has 6 nitrogen and oxygen atoms in total. The molecule has 0 aliphatic carbocycles. The molecule has 2 unspecified atom stereocenters. The molecule has 172 valence electrons. The number of fused-ring (bicyclic) bond motifs is 1. The summed E-state index contributed by atoms with van der Waals surface area (Å²) in [5.41, 5.74) is 1.05. The number of para-hydroxylation sites is 2. The van der Waals surface area contributed by atoms with Crippen molar-refractivity contribution in [2.75, 3.05) is 18.5 Å². The zero-order valence-corrected chi connectivity index (χ0v) is 17.7. The van der Waals surface area contributed by atoms with Gasteiger partial charge in [-0.05, 0) is 48.6 Å². The second-order valence-corrected chi connectivity index (χ2v) is 7.90. The lowest BCUT2D eigenvalue weighted by atomic mass is 10.0. The van der Waals surface area contributed by atoms with Gasteiger partial charge in [0.2, 0.25) is 11.9 Å². The van der Waals surface area contributed by atoms with E-state index >= 15 is 0 Å². The molecule has 0 bridgehead atoms. The van der Waals surface area contributed by atoms with E-state index in [-0.39, 0.29) is 24.9 Å². The van der Waals surface area contributed by atoms with Gasteiger partial charge >= 0.3 is 6.18 Å². The molecule has 1 amide bonds. The van der Waals surface area contributed by atoms with Crippen LogP contribution in [0.2, 0.25) is 0 Å². The summed E-state index contributed by atoms with van der Waals surface area (Å²) in [4.78, 5) is 20.1. The largest absolute Gasteiger partial charge is 0.416 e. The monoisotopic (exact) mass is 448 g/mol. The van der Waals surface area contributed by atoms with Crippen molar-refractivity contribution in [2.45, 2.75) is 38.4 Å². The lowest BCUT2D eigenvalue weighted by Gasteiger charge is -2.20. The molecule has 0 aliphatic rings. The fourth-order valence-corrected chi connectivity index (χ4v) is 3.46. The Labute approximate surface area is 184 Å². The van der Waals surface area contributed by atoms with Crippen LogP contribution in [0.15, 0.2) is 48.5 Å². The van der Waals surface area contributed by atoms with Crippen LogP contribution in [-0.2, 0) is 11.0 Å². The highest BCUT2D eigenvalue weighted by molar-refractivity contribution is 5.79. The molecule has 4 N–H and O–H groups in total. The first-order valence-electron chi connectivity index (χ1n) is 10.5. The van der Waals surface area contributed by atoms with Crippen molar-refractivity contribution in [3.8, 4) is 0 Å². The number of halogens is 3. The quantitative estimate of drug-likeness (QED) is 0.364. The average molecular weight is 448 g/mol. The molecule has 3 rings (SSSR count). The number of rotatable bonds is 10. The van der Waals surface area contributed by atoms with E-state index in [1.807, 2.05) is 31.2 Å². The normalized spacial score (nSPS) is 13.7. The zero-order valence-electron chi connectivity index (χ0n) is 17.7. The van der Waals surface area contributed by atoms with Gasteiger partial charge in [-0.15, -0.1) is 0 Å². The maximum absolute atomic E-state index is 13.2. The van der Waals surface area contributed by atoms with E-state index in [9.17, 15) is 18.0 Å². The highest BCUT2D eigenvalue weighted by Crippen LogP contribution is 2.32. The summed E-state index contributed by atoms with van der Waals surface area (Å²) in [5.74, 6) is 0.269. The lowest BCUT2D eigenvalue weighted by molar-refractivity contribution is -0.137. The minimum atomic E-state index is -4.48. The van der Waals surface area contributed by atoms with E-state index < -0.39 is 17.8 Å². The number of imidazole rings is 1. The first-order chi connectivity index (χ1) is 15.3. The Balaban J connectivity index is 1.78. The van der Waals surface area contributed by atoms with Crippen molar-refractivity contribution in [3.05, 3.63) is 59.7 Å². The molecule has 3 aromatic rings. The number of alkyl halides is 3. The highest BCUT2D eigenvalue weighted by atomic mass is 19.4. The number of carbonyl (C=O) groups excluding carboxylic acids is 1. The number of aliphatic hydroxyl groups is 1. The molecule has 0 aliphatic heterocycles. The maximum atomic E-state index is 13.2. The van der Waals surface area contributed by atoms with Gasteiger partial charge in [0, 0.05) is 13.2 Å². The third kappa shape index (κ3) is 6.46. The third-order valence-electron chi connectivity index (χ3n) is 5.21. The molecule has 0 spiro atoms. The second-order valence-electron chi connectivity index (χ2n) is 7.90. The van der Waals surface area contributed by atoms with Gasteiger partial charge in [0.05, 0.1) is 29.1 Å². The van der Waals surface area contributed by atoms with E-state index in [1.165, 1.54) is 6.07 Å². The van der Waals surface area contributed by atoms with Crippen LogP contribution in [0.5, 0.6) is 0 Å². The van der Waals surface area contributed by atoms with Gasteiger partial charge in [-0.2, -0.15) is 13.2 Å². The number of aliphatic hydroxyl groups excluding tert-OH is 1. The summed E-state index contributed by atoms with van der Waals surface area (Å²) in [6, 6.07) is 11.6. The molecular formula is C23H27F3N4O2. The number of benzene rings is 2. The summed E-state index contributed by atoms with van der Waals surface area (Å²) >= 11 is 0. The number of aromatic nitrogens is 2. The van der Waals surface area contributed by atoms with E-state index in [2.05, 4.69) is 20.6 Å². The lowest BCUT2D eigenvalue weighted by Crippen LogP contribution is -2.31. The summed E-state index contributed by atoms with van der Waals surface area (Å²) in [7, 11) is 0. The van der Waals surface area contributed by atoms with Crippen LogP contribution in [-0.4, -0.2) is 34.1 Å². The number of carbonyl (C=O) groups is 1. The molecule has 0 fully saturated rings. The van der Waals surface area contributed by atoms with E-state index in [1.54, 1.807) is 6.07 Å². The second kappa shape index (κ2) is 10.5. The maximum Gasteiger partial charge on any atom is 0.416 e. The Kier molecular flexibility index (Phi) is 7.74. The predicted octanol–water partition coefficient (Wildman–Crippen LogP) is 4.65. The first-order valence-corrected chi connectivity index (χ1v) is 10.5. The van der Waals surface area contributed by atoms with Gasteiger partial charge in [-0.25, -0.2) is 4.98 Å². The van der Waals surface area contributed by atoms with Crippen molar-refractivity contribution in [1.29, 1.82) is 0 Å². The van der Waals surface area contributed by atoms with E-state index in [0.29, 0.717) is 30.0 Å². The fraction of sp³-hybridized carbons (Fsp3) is 0.391. The Morgan fingerprint density at radius 2 is 1.97 bits per heavy atom. The molecular weight excluding hydrogens is 421 g/mol. The van der Waals surface area contributed by atoms with Gasteiger partial charge in [0.25, 0.3) is 0 Å². The standard InChI is InChI=1S/C23H27F3N4O2/c1-15(6-5-11-31)14-27-21(32)13-20(16-7-4-8-17(12-16)23(24,25)26)30-22-28-18-9-2-3-10-19(18)29-22/h2-4,7-10,12,15,20,31H,5-6,11,13-14H2,1H3,(H,27,32)(H2,28,29,30). The Morgan fingerprint density at radius 3 is 2.69 bits per heavy atom. The Hall–Kier alpha value is -3.07. The number of amides is 1. The van der Waals surface area contributed by atoms with Crippen LogP contribution in [0.1, 0.15) is 43.4 Å². The summed E-state index contributed by atoms with van der Waals surface area (Å²) in [5, 5.41) is 14.8. The van der Waals surface area contributed by atoms with Crippen LogP contribution in [0.3, 0.4) is 0 Å². The van der Waals surface area contributed by atoms with Crippen molar-refractivity contribution in [1.82, 2.24) is 15.3 Å². The number of aromatic amines is 1. The van der Waals surface area contributed by atoms with Crippen molar-refractivity contribution in [3.63, 3.8) is 0 Å². The molecule has 2 aromatic carbocycles. The minimum Gasteiger partial charge on any atom is -0.396 e. The van der Waals surface area contributed by atoms with Crippen molar-refractivity contribution in [2.24, 2.45) is 5.92 Å². The van der Waals surface area contributed by atoms with Gasteiger partial charge in [-0.3, -0.25) is 4.79 Å². The topological polar surface area (TPSA) is 90.0 Å². The van der Waals surface area contributed by atoms with E-state index in [0.717, 1.165) is 24.1 Å². The molecule has 9 heteroatoms. The predicted molar refractivity (Wildman–Crippen MR) is 117 cm³/mol. The van der Waals surface area contributed by atoms with Crippen LogP contribution < -0.4 is 10.6 Å². The third-order valence-corrected chi connectivity index (χ3v) is 5.21. The van der Waals surface area contributed by atoms with Crippen LogP contribution in [0.25, 0.3) is 11.0 Å². The smallest absolute Gasteiger partial charge is 0.396 e. The van der Waals surface area contributed by atoms with Crippen LogP contribution >= 0.6 is 0 Å². The molecule has 0 radical (unpaired) electrons. The SMILES string of the molecule is CC(CCCO)CNC(=O)CC(Nc1nc2ccccc2[nH]1)c1cccc(C(F)(F)F)c1. The number of anilines is 1. The minimum absolute atomic E-state index is 0.0644. The first kappa shape index (κ1) is 23.6. The molecule has 0 saturated carbocycles. The van der Waals surface area contributed by atoms with Crippen LogP contribution in [0, 0.1) is 5.92 Å². The van der Waals surface area contributed by atoms with Gasteiger partial charge in [0.1, 0.15) is 0 Å². The fourth-order valence-electron chi connectivity index (χ4n) is 3.46. The average Bonchev–Trinajstić information content (AvgIpc) is 3.17. The Morgan fingerprint density at radius 1 is 1.19 bits per heavy atom. The zero-order chi connectivity index (χ0) is 23.1. The van der Waals surface area contributed by atoms with Crippen LogP contribution in [0.4, 0.5) is 19.1 Å².